The van der Waals surface area contributed by atoms with Gasteiger partial charge in [0.25, 0.3) is 0 Å². The molecule has 1 aliphatic rings. The Bertz CT molecular complexity index is 1230. The summed E-state index contributed by atoms with van der Waals surface area (Å²) in [6, 6.07) is 9.54. The molecule has 2 N–H and O–H groups in total. The molecule has 35 heavy (non-hydrogen) atoms. The van der Waals surface area contributed by atoms with Crippen LogP contribution in [-0.2, 0) is 11.2 Å². The maximum absolute atomic E-state index is 12.7. The summed E-state index contributed by atoms with van der Waals surface area (Å²) in [6.45, 7) is 2.11. The number of methoxy groups -OCH3 is 1. The van der Waals surface area contributed by atoms with E-state index in [0.29, 0.717) is 37.3 Å². The van der Waals surface area contributed by atoms with E-state index in [1.807, 2.05) is 35.8 Å². The molecule has 7 nitrogen and oxygen atoms in total. The van der Waals surface area contributed by atoms with Crippen molar-refractivity contribution in [3.8, 4) is 17.6 Å². The minimum Gasteiger partial charge on any atom is -0.497 e. The highest BCUT2D eigenvalue weighted by Crippen LogP contribution is 2.38. The first-order valence-corrected chi connectivity index (χ1v) is 12.1. The molecule has 0 atom stereocenters. The first-order chi connectivity index (χ1) is 17.0. The van der Waals surface area contributed by atoms with Gasteiger partial charge in [0.1, 0.15) is 5.75 Å². The average Bonchev–Trinajstić information content (AvgIpc) is 2.90. The fourth-order valence-corrected chi connectivity index (χ4v) is 4.97. The van der Waals surface area contributed by atoms with Gasteiger partial charge in [0.2, 0.25) is 5.91 Å². The lowest BCUT2D eigenvalue weighted by molar-refractivity contribution is -0.143. The highest BCUT2D eigenvalue weighted by Gasteiger charge is 2.40. The molecule has 3 aromatic rings. The molecule has 0 radical (unpaired) electrons. The molecular formula is C27H29ClN4O3. The number of carbonyl (C=O) groups excluding carboxylic acids is 1. The first kappa shape index (κ1) is 24.9. The number of hydroxylamine groups is 1. The molecule has 8 heteroatoms. The van der Waals surface area contributed by atoms with Crippen molar-refractivity contribution in [1.29, 1.82) is 0 Å². The molecule has 3 heterocycles. The third-order valence-corrected chi connectivity index (χ3v) is 7.14. The summed E-state index contributed by atoms with van der Waals surface area (Å²) in [6.07, 6.45) is 8.57. The highest BCUT2D eigenvalue weighted by atomic mass is 35.5. The third-order valence-electron chi connectivity index (χ3n) is 6.81. The molecule has 1 saturated heterocycles. The fourth-order valence-electron chi connectivity index (χ4n) is 4.73. The average molecular weight is 493 g/mol. The summed E-state index contributed by atoms with van der Waals surface area (Å²) in [7, 11) is 1.63. The lowest BCUT2D eigenvalue weighted by Gasteiger charge is -2.39. The van der Waals surface area contributed by atoms with Gasteiger partial charge in [0.15, 0.2) is 0 Å². The second-order valence-corrected chi connectivity index (χ2v) is 9.27. The number of fused-ring (bicyclic) bond motifs is 1. The lowest BCUT2D eigenvalue weighted by Crippen LogP contribution is -2.48. The zero-order valence-electron chi connectivity index (χ0n) is 19.8. The number of aryl methyl sites for hydroxylation is 1. The summed E-state index contributed by atoms with van der Waals surface area (Å²) in [5.41, 5.74) is 4.04. The van der Waals surface area contributed by atoms with E-state index in [1.54, 1.807) is 25.7 Å². The number of aromatic nitrogens is 2. The Balaban J connectivity index is 1.40. The number of pyridine rings is 2. The molecule has 0 bridgehead atoms. The van der Waals surface area contributed by atoms with Crippen molar-refractivity contribution in [2.45, 2.75) is 32.1 Å². The molecule has 2 aromatic heterocycles. The first-order valence-electron chi connectivity index (χ1n) is 11.7. The van der Waals surface area contributed by atoms with Crippen LogP contribution in [0.25, 0.3) is 10.9 Å². The molecule has 0 saturated carbocycles. The molecule has 0 aliphatic carbocycles. The lowest BCUT2D eigenvalue weighted by atomic mass is 9.73. The van der Waals surface area contributed by atoms with Gasteiger partial charge < -0.3 is 4.74 Å². The van der Waals surface area contributed by atoms with Crippen molar-refractivity contribution >= 4 is 28.4 Å². The number of rotatable bonds is 7. The fraction of sp³-hybridized carbons (Fsp3) is 0.370. The Kier molecular flexibility index (Phi) is 8.19. The van der Waals surface area contributed by atoms with Gasteiger partial charge in [-0.25, -0.2) is 5.48 Å². The quantitative estimate of drug-likeness (QED) is 0.291. The van der Waals surface area contributed by atoms with Crippen LogP contribution in [0.3, 0.4) is 0 Å². The largest absolute Gasteiger partial charge is 0.497 e. The Labute approximate surface area is 210 Å². The molecule has 1 aromatic carbocycles. The van der Waals surface area contributed by atoms with E-state index in [0.717, 1.165) is 47.3 Å². The Hall–Kier alpha value is -3.18. The van der Waals surface area contributed by atoms with Gasteiger partial charge in [-0.15, -0.1) is 0 Å². The standard InChI is InChI=1S/C27H29ClN4O3/c1-35-21-8-9-25-23(17-21)22(24(28)19-30-25)7-2-10-27(26(33)31-34)11-15-32(16-12-27)14-4-6-20-5-3-13-29-18-20/h3,5,8-9,13,17-19,34H,2,7,10-12,14-16H2,1H3,(H,31,33). The van der Waals surface area contributed by atoms with E-state index in [9.17, 15) is 10.0 Å². The zero-order chi connectivity index (χ0) is 24.7. The summed E-state index contributed by atoms with van der Waals surface area (Å²) in [5, 5.41) is 11.0. The molecular weight excluding hydrogens is 464 g/mol. The predicted molar refractivity (Wildman–Crippen MR) is 135 cm³/mol. The molecule has 1 aliphatic heterocycles. The summed E-state index contributed by atoms with van der Waals surface area (Å²) < 4.78 is 5.37. The zero-order valence-corrected chi connectivity index (χ0v) is 20.5. The third kappa shape index (κ3) is 5.91. The number of amides is 1. The van der Waals surface area contributed by atoms with Crippen LogP contribution in [0.5, 0.6) is 5.75 Å². The monoisotopic (exact) mass is 492 g/mol. The van der Waals surface area contributed by atoms with Crippen molar-refractivity contribution in [1.82, 2.24) is 20.3 Å². The van der Waals surface area contributed by atoms with Crippen LogP contribution in [0.4, 0.5) is 0 Å². The number of ether oxygens (including phenoxy) is 1. The number of hydrogen-bond donors (Lipinski definition) is 2. The second kappa shape index (κ2) is 11.5. The van der Waals surface area contributed by atoms with E-state index >= 15 is 0 Å². The van der Waals surface area contributed by atoms with E-state index < -0.39 is 5.41 Å². The van der Waals surface area contributed by atoms with E-state index in [1.165, 1.54) is 0 Å². The van der Waals surface area contributed by atoms with E-state index in [4.69, 9.17) is 16.3 Å². The number of carbonyl (C=O) groups is 1. The minimum atomic E-state index is -0.616. The van der Waals surface area contributed by atoms with Crippen molar-refractivity contribution in [2.75, 3.05) is 26.7 Å². The smallest absolute Gasteiger partial charge is 0.249 e. The van der Waals surface area contributed by atoms with Gasteiger partial charge in [-0.1, -0.05) is 23.4 Å². The van der Waals surface area contributed by atoms with Crippen molar-refractivity contribution in [3.63, 3.8) is 0 Å². The number of piperidine rings is 1. The molecule has 4 rings (SSSR count). The Morgan fingerprint density at radius 2 is 2.11 bits per heavy atom. The number of benzene rings is 1. The summed E-state index contributed by atoms with van der Waals surface area (Å²) >= 11 is 6.51. The number of nitrogens with one attached hydrogen (secondary N) is 1. The topological polar surface area (TPSA) is 87.6 Å². The minimum absolute atomic E-state index is 0.314. The maximum atomic E-state index is 12.7. The summed E-state index contributed by atoms with van der Waals surface area (Å²) in [4.78, 5) is 23.5. The molecule has 0 spiro atoms. The Morgan fingerprint density at radius 1 is 1.29 bits per heavy atom. The number of halogens is 1. The normalized spacial score (nSPS) is 15.3. The van der Waals surface area contributed by atoms with Gasteiger partial charge in [0.05, 0.1) is 29.6 Å². The van der Waals surface area contributed by atoms with Gasteiger partial charge in [0, 0.05) is 42.6 Å². The van der Waals surface area contributed by atoms with Crippen LogP contribution in [-0.4, -0.2) is 52.7 Å². The van der Waals surface area contributed by atoms with Gasteiger partial charge in [-0.05, 0) is 68.0 Å². The van der Waals surface area contributed by atoms with E-state index in [-0.39, 0.29) is 5.91 Å². The van der Waals surface area contributed by atoms with Gasteiger partial charge in [-0.3, -0.25) is 24.9 Å². The van der Waals surface area contributed by atoms with Crippen molar-refractivity contribution < 1.29 is 14.7 Å². The number of likely N-dealkylation sites (tertiary alicyclic amines) is 1. The predicted octanol–water partition coefficient (Wildman–Crippen LogP) is 4.25. The number of hydrogen-bond acceptors (Lipinski definition) is 6. The summed E-state index contributed by atoms with van der Waals surface area (Å²) in [5.74, 6) is 6.76. The van der Waals surface area contributed by atoms with Crippen LogP contribution in [0.1, 0.15) is 36.8 Å². The molecule has 182 valence electrons. The van der Waals surface area contributed by atoms with Gasteiger partial charge in [-0.2, -0.15) is 0 Å². The van der Waals surface area contributed by atoms with Gasteiger partial charge >= 0.3 is 0 Å². The SMILES string of the molecule is COc1ccc2ncc(Cl)c(CCCC3(C(=O)NO)CCN(CC#Cc4cccnc4)CC3)c2c1. The highest BCUT2D eigenvalue weighted by molar-refractivity contribution is 6.32. The maximum Gasteiger partial charge on any atom is 0.249 e. The van der Waals surface area contributed by atoms with Crippen LogP contribution >= 0.6 is 11.6 Å². The molecule has 1 fully saturated rings. The van der Waals surface area contributed by atoms with Crippen molar-refractivity contribution in [3.05, 3.63) is 65.1 Å². The second-order valence-electron chi connectivity index (χ2n) is 8.86. The molecule has 1 amide bonds. The van der Waals surface area contributed by atoms with Crippen LogP contribution < -0.4 is 10.2 Å². The van der Waals surface area contributed by atoms with Crippen LogP contribution in [0, 0.1) is 17.3 Å². The van der Waals surface area contributed by atoms with Crippen LogP contribution in [0.2, 0.25) is 5.02 Å². The van der Waals surface area contributed by atoms with Crippen LogP contribution in [0.15, 0.2) is 48.9 Å². The van der Waals surface area contributed by atoms with E-state index in [2.05, 4.69) is 26.7 Å². The van der Waals surface area contributed by atoms with Crippen molar-refractivity contribution in [2.24, 2.45) is 5.41 Å². The number of nitrogens with zero attached hydrogens (tertiary/aromatic N) is 3. The molecule has 0 unspecified atom stereocenters. The Morgan fingerprint density at radius 3 is 2.83 bits per heavy atom.